The molecule has 1 aliphatic rings. The molecule has 0 heterocycles. The van der Waals surface area contributed by atoms with Crippen molar-refractivity contribution < 1.29 is 8.22 Å². The minimum Gasteiger partial charge on any atom is -0.328 e. The predicted molar refractivity (Wildman–Crippen MR) is 21.8 cm³/mol. The molecule has 0 aliphatic heterocycles. The molecule has 0 radical (unpaired) electrons. The van der Waals surface area contributed by atoms with Crippen LogP contribution in [0, 0.1) is 0 Å². The molecule has 1 fully saturated rings. The topological polar surface area (TPSA) is 26.0 Å². The number of hydrogen-bond donors (Lipinski definition) is 1. The lowest BCUT2D eigenvalue weighted by Gasteiger charge is -2.18. The molecule has 0 amide bonds. The summed E-state index contributed by atoms with van der Waals surface area (Å²) in [7, 11) is 0. The second-order valence-corrected chi connectivity index (χ2v) is 0.869. The fourth-order valence-corrected chi connectivity index (χ4v) is 0.156. The summed E-state index contributed by atoms with van der Waals surface area (Å²) in [5, 5.41) is 0. The molecule has 0 bridgehead atoms. The van der Waals surface area contributed by atoms with Crippen molar-refractivity contribution in [2.45, 2.75) is 25.2 Å². The van der Waals surface area contributed by atoms with E-state index in [2.05, 4.69) is 0 Å². The molecule has 1 rings (SSSR count). The molecule has 0 saturated heterocycles. The van der Waals surface area contributed by atoms with Gasteiger partial charge in [0.05, 0.1) is 0 Å². The predicted octanol–water partition coefficient (Wildman–Crippen LogP) is 0.498. The van der Waals surface area contributed by atoms with Crippen molar-refractivity contribution in [3.05, 3.63) is 0 Å². The first kappa shape index (κ1) is 0.648. The Balaban J connectivity index is 2.98. The molecule has 0 spiro atoms. The van der Waals surface area contributed by atoms with Crippen molar-refractivity contribution in [3.63, 3.8) is 0 Å². The summed E-state index contributed by atoms with van der Waals surface area (Å²) in [6.07, 6.45) is -6.24. The highest BCUT2D eigenvalue weighted by atomic mass is 14.6. The number of hydrogen-bond acceptors (Lipinski definition) is 1. The average molecular weight is 77.2 g/mol. The molecule has 0 aromatic heterocycles. The molecule has 2 N–H and O–H groups in total. The lowest BCUT2D eigenvalue weighted by molar-refractivity contribution is 0.418. The van der Waals surface area contributed by atoms with Gasteiger partial charge in [0.15, 0.2) is 0 Å². The lowest BCUT2D eigenvalue weighted by atomic mass is 9.95. The SMILES string of the molecule is [2H]C1C([2H])([2H])C([2H])([2H])C1([2H])N. The Labute approximate surface area is 40.6 Å². The van der Waals surface area contributed by atoms with E-state index in [-0.39, 0.29) is 0 Å². The van der Waals surface area contributed by atoms with Crippen molar-refractivity contribution in [3.8, 4) is 0 Å². The van der Waals surface area contributed by atoms with Crippen LogP contribution in [0.3, 0.4) is 0 Å². The van der Waals surface area contributed by atoms with Crippen LogP contribution in [0.5, 0.6) is 0 Å². The highest BCUT2D eigenvalue weighted by molar-refractivity contribution is 4.70. The van der Waals surface area contributed by atoms with Crippen molar-refractivity contribution >= 4 is 0 Å². The summed E-state index contributed by atoms with van der Waals surface area (Å²) < 4.78 is 42.4. The summed E-state index contributed by atoms with van der Waals surface area (Å²) in [4.78, 5) is 0. The van der Waals surface area contributed by atoms with Crippen LogP contribution < -0.4 is 5.73 Å². The summed E-state index contributed by atoms with van der Waals surface area (Å²) in [6, 6.07) is -2.11. The molecule has 2 atom stereocenters. The first-order chi connectivity index (χ1) is 4.65. The minimum absolute atomic E-state index is 1.51. The summed E-state index contributed by atoms with van der Waals surface area (Å²) >= 11 is 0. The molecular formula is C4H9N. The van der Waals surface area contributed by atoms with E-state index < -0.39 is 25.2 Å². The average Bonchev–Trinajstić information content (AvgIpc) is 1.84. The van der Waals surface area contributed by atoms with E-state index in [0.29, 0.717) is 0 Å². The van der Waals surface area contributed by atoms with E-state index in [0.717, 1.165) is 0 Å². The van der Waals surface area contributed by atoms with Gasteiger partial charge in [-0.1, -0.05) is 6.37 Å². The fourth-order valence-electron chi connectivity index (χ4n) is 0.156. The molecule has 30 valence electrons. The summed E-state index contributed by atoms with van der Waals surface area (Å²) in [5.74, 6) is 0. The largest absolute Gasteiger partial charge is 0.328 e. The van der Waals surface area contributed by atoms with E-state index in [1.165, 1.54) is 0 Å². The quantitative estimate of drug-likeness (QED) is 0.447. The number of nitrogens with two attached hydrogens (primary N) is 1. The molecular weight excluding hydrogens is 62.1 g/mol. The van der Waals surface area contributed by atoms with Crippen LogP contribution >= 0.6 is 0 Å². The van der Waals surface area contributed by atoms with Gasteiger partial charge >= 0.3 is 0 Å². The van der Waals surface area contributed by atoms with Crippen LogP contribution in [0.25, 0.3) is 0 Å². The monoisotopic (exact) mass is 77.1 g/mol. The third-order valence-electron chi connectivity index (χ3n) is 0.444. The first-order valence-corrected chi connectivity index (χ1v) is 1.37. The van der Waals surface area contributed by atoms with Gasteiger partial charge < -0.3 is 5.73 Å². The Morgan fingerprint density at radius 1 is 2.20 bits per heavy atom. The van der Waals surface area contributed by atoms with Gasteiger partial charge in [-0.3, -0.25) is 0 Å². The van der Waals surface area contributed by atoms with Gasteiger partial charge in [-0.25, -0.2) is 0 Å². The second-order valence-electron chi connectivity index (χ2n) is 0.869. The second kappa shape index (κ2) is 0.977. The van der Waals surface area contributed by atoms with Gasteiger partial charge in [0.25, 0.3) is 0 Å². The van der Waals surface area contributed by atoms with E-state index in [1.54, 1.807) is 0 Å². The van der Waals surface area contributed by atoms with E-state index in [9.17, 15) is 0 Å². The van der Waals surface area contributed by atoms with Gasteiger partial charge in [0.1, 0.15) is 0 Å². The van der Waals surface area contributed by atoms with E-state index >= 15 is 0 Å². The van der Waals surface area contributed by atoms with Gasteiger partial charge in [0.2, 0.25) is 0 Å². The van der Waals surface area contributed by atoms with Gasteiger partial charge in [-0.15, -0.1) is 0 Å². The molecule has 0 aromatic carbocycles. The smallest absolute Gasteiger partial charge is 0.0462 e. The third kappa shape index (κ3) is 0.428. The molecule has 1 nitrogen and oxygen atoms in total. The zero-order valence-electron chi connectivity index (χ0n) is 8.65. The van der Waals surface area contributed by atoms with Crippen LogP contribution in [0.1, 0.15) is 27.4 Å². The van der Waals surface area contributed by atoms with Gasteiger partial charge in [0, 0.05) is 14.2 Å². The van der Waals surface area contributed by atoms with Gasteiger partial charge in [-0.05, 0) is 12.8 Å². The van der Waals surface area contributed by atoms with Gasteiger partial charge in [-0.2, -0.15) is 0 Å². The molecule has 1 saturated carbocycles. The maximum absolute atomic E-state index is 7.11. The Morgan fingerprint density at radius 2 is 3.00 bits per heavy atom. The van der Waals surface area contributed by atoms with Crippen molar-refractivity contribution in [2.75, 3.05) is 0 Å². The Kier molecular flexibility index (Phi) is 0.126. The zero-order valence-corrected chi connectivity index (χ0v) is 2.65. The summed E-state index contributed by atoms with van der Waals surface area (Å²) in [6.45, 7) is 0. The normalized spacial score (nSPS) is 104. The fraction of sp³-hybridized carbons (Fsp3) is 1.00. The first-order valence-electron chi connectivity index (χ1n) is 4.44. The number of rotatable bonds is 0. The molecule has 0 aromatic rings. The van der Waals surface area contributed by atoms with Crippen molar-refractivity contribution in [2.24, 2.45) is 5.73 Å². The third-order valence-corrected chi connectivity index (χ3v) is 0.444. The molecule has 2 unspecified atom stereocenters. The Morgan fingerprint density at radius 3 is 3.20 bits per heavy atom. The van der Waals surface area contributed by atoms with Crippen LogP contribution in [0.4, 0.5) is 0 Å². The highest BCUT2D eigenvalue weighted by Gasteiger charge is 2.09. The van der Waals surface area contributed by atoms with Crippen LogP contribution in [-0.2, 0) is 0 Å². The standard InChI is InChI=1S/C4H9N/c5-4-2-1-3-4/h4H,1-3,5H2/i1D2,2D,3D2,4D. The zero-order chi connectivity index (χ0) is 9.08. The van der Waals surface area contributed by atoms with Crippen LogP contribution in [0.15, 0.2) is 0 Å². The Bertz CT molecular complexity index is 169. The maximum atomic E-state index is 7.11. The minimum atomic E-state index is -2.42. The highest BCUT2D eigenvalue weighted by Crippen LogP contribution is 2.14. The van der Waals surface area contributed by atoms with Crippen molar-refractivity contribution in [1.82, 2.24) is 0 Å². The molecule has 1 heteroatoms. The lowest BCUT2D eigenvalue weighted by Crippen LogP contribution is -2.27. The van der Waals surface area contributed by atoms with Crippen molar-refractivity contribution in [1.29, 1.82) is 0 Å². The maximum Gasteiger partial charge on any atom is 0.0462 e. The van der Waals surface area contributed by atoms with Crippen LogP contribution in [-0.4, -0.2) is 6.02 Å². The van der Waals surface area contributed by atoms with E-state index in [1.807, 2.05) is 0 Å². The van der Waals surface area contributed by atoms with Crippen LogP contribution in [0.2, 0.25) is 0 Å². The summed E-state index contributed by atoms with van der Waals surface area (Å²) in [5.41, 5.74) is 5.08. The van der Waals surface area contributed by atoms with E-state index in [4.69, 9.17) is 14.0 Å². The molecule has 5 heavy (non-hydrogen) atoms. The molecule has 1 aliphatic carbocycles. The Hall–Kier alpha value is -0.0400.